The quantitative estimate of drug-likeness (QED) is 0.644. The van der Waals surface area contributed by atoms with E-state index in [0.29, 0.717) is 37.1 Å². The molecule has 1 aromatic carbocycles. The zero-order valence-electron chi connectivity index (χ0n) is 14.4. The Morgan fingerprint density at radius 3 is 2.72 bits per heavy atom. The van der Waals surface area contributed by atoms with E-state index in [4.69, 9.17) is 16.3 Å². The lowest BCUT2D eigenvalue weighted by molar-refractivity contribution is -0.142. The summed E-state index contributed by atoms with van der Waals surface area (Å²) in [5, 5.41) is 15.9. The number of rotatable bonds is 10. The second-order valence-corrected chi connectivity index (χ2v) is 7.65. The highest BCUT2D eigenvalue weighted by molar-refractivity contribution is 7.09. The number of nitrogens with one attached hydrogen (secondary N) is 1. The van der Waals surface area contributed by atoms with Crippen LogP contribution in [0.2, 0.25) is 5.02 Å². The van der Waals surface area contributed by atoms with Crippen molar-refractivity contribution in [3.8, 4) is 5.75 Å². The van der Waals surface area contributed by atoms with Gasteiger partial charge in [-0.2, -0.15) is 0 Å². The van der Waals surface area contributed by atoms with Gasteiger partial charge in [-0.05, 0) is 36.6 Å². The van der Waals surface area contributed by atoms with Crippen LogP contribution in [-0.4, -0.2) is 22.6 Å². The van der Waals surface area contributed by atoms with Crippen LogP contribution >= 0.6 is 22.9 Å². The average Bonchev–Trinajstić information content (AvgIpc) is 3.01. The van der Waals surface area contributed by atoms with E-state index in [-0.39, 0.29) is 5.92 Å². The number of halogens is 1. The molecule has 0 aliphatic carbocycles. The third kappa shape index (κ3) is 7.02. The topological polar surface area (TPSA) is 71.5 Å². The Balaban J connectivity index is 1.77. The van der Waals surface area contributed by atoms with Gasteiger partial charge in [-0.25, -0.2) is 4.98 Å². The summed E-state index contributed by atoms with van der Waals surface area (Å²) < 4.78 is 5.67. The lowest BCUT2D eigenvalue weighted by atomic mass is 9.97. The molecule has 0 fully saturated rings. The summed E-state index contributed by atoms with van der Waals surface area (Å²) in [6.07, 6.45) is 0.666. The minimum atomic E-state index is -0.753. The van der Waals surface area contributed by atoms with E-state index in [2.05, 4.69) is 10.3 Å². The van der Waals surface area contributed by atoms with Gasteiger partial charge in [-0.3, -0.25) is 4.79 Å². The number of ether oxygens (including phenoxy) is 1. The summed E-state index contributed by atoms with van der Waals surface area (Å²) >= 11 is 7.37. The Morgan fingerprint density at radius 1 is 1.36 bits per heavy atom. The maximum atomic E-state index is 11.2. The molecule has 0 radical (unpaired) electrons. The molecule has 0 amide bonds. The van der Waals surface area contributed by atoms with Crippen LogP contribution in [0, 0.1) is 11.8 Å². The van der Waals surface area contributed by atoms with E-state index in [1.807, 2.05) is 31.4 Å². The van der Waals surface area contributed by atoms with E-state index < -0.39 is 5.97 Å². The van der Waals surface area contributed by atoms with E-state index in [0.717, 1.165) is 16.5 Å². The van der Waals surface area contributed by atoms with Gasteiger partial charge >= 0.3 is 5.97 Å². The number of carboxylic acids is 1. The minimum absolute atomic E-state index is 0.360. The van der Waals surface area contributed by atoms with Crippen LogP contribution in [0.15, 0.2) is 29.6 Å². The number of hydrogen-bond acceptors (Lipinski definition) is 5. The zero-order chi connectivity index (χ0) is 18.2. The fraction of sp³-hybridized carbons (Fsp3) is 0.444. The summed E-state index contributed by atoms with van der Waals surface area (Å²) in [6.45, 7) is 5.46. The average molecular weight is 383 g/mol. The van der Waals surface area contributed by atoms with Crippen LogP contribution in [0.25, 0.3) is 0 Å². The molecule has 1 unspecified atom stereocenters. The molecule has 5 nitrogen and oxygen atoms in total. The molecule has 0 saturated carbocycles. The Bertz CT molecular complexity index is 673. The van der Waals surface area contributed by atoms with Crippen LogP contribution in [-0.2, 0) is 17.9 Å². The summed E-state index contributed by atoms with van der Waals surface area (Å²) in [4.78, 5) is 15.7. The van der Waals surface area contributed by atoms with E-state index in [1.54, 1.807) is 12.1 Å². The highest BCUT2D eigenvalue weighted by Crippen LogP contribution is 2.18. The van der Waals surface area contributed by atoms with Gasteiger partial charge in [0.2, 0.25) is 0 Å². The van der Waals surface area contributed by atoms with Crippen molar-refractivity contribution in [2.24, 2.45) is 11.8 Å². The molecule has 0 aliphatic heterocycles. The highest BCUT2D eigenvalue weighted by Gasteiger charge is 2.18. The summed E-state index contributed by atoms with van der Waals surface area (Å²) in [5.41, 5.74) is 0.897. The molecule has 1 atom stereocenters. The van der Waals surface area contributed by atoms with E-state index in [9.17, 15) is 9.90 Å². The van der Waals surface area contributed by atoms with Crippen molar-refractivity contribution in [1.82, 2.24) is 10.3 Å². The standard InChI is InChI=1S/C18H23ClN2O3S/c1-12(2)7-13(18(22)23)8-20-9-15-11-25-17(21-15)10-24-16-5-3-14(19)4-6-16/h3-6,11-13,20H,7-10H2,1-2H3,(H,22,23). The van der Waals surface area contributed by atoms with Gasteiger partial charge in [0.1, 0.15) is 17.4 Å². The van der Waals surface area contributed by atoms with Gasteiger partial charge in [0.15, 0.2) is 0 Å². The van der Waals surface area contributed by atoms with Crippen LogP contribution in [0.4, 0.5) is 0 Å². The summed E-state index contributed by atoms with van der Waals surface area (Å²) in [5.74, 6) is -0.0149. The van der Waals surface area contributed by atoms with Crippen molar-refractivity contribution >= 4 is 28.9 Å². The SMILES string of the molecule is CC(C)CC(CNCc1csc(COc2ccc(Cl)cc2)n1)C(=O)O. The molecule has 0 aliphatic rings. The van der Waals surface area contributed by atoms with E-state index >= 15 is 0 Å². The highest BCUT2D eigenvalue weighted by atomic mass is 35.5. The fourth-order valence-electron chi connectivity index (χ4n) is 2.39. The lowest BCUT2D eigenvalue weighted by Crippen LogP contribution is -2.29. The summed E-state index contributed by atoms with van der Waals surface area (Å²) in [6, 6.07) is 7.20. The minimum Gasteiger partial charge on any atom is -0.486 e. The Hall–Kier alpha value is -1.63. The molecule has 1 heterocycles. The Morgan fingerprint density at radius 2 is 2.08 bits per heavy atom. The number of carbonyl (C=O) groups is 1. The molecule has 136 valence electrons. The number of thiazole rings is 1. The third-order valence-electron chi connectivity index (χ3n) is 3.58. The Kier molecular flexibility index (Phi) is 7.68. The molecule has 0 spiro atoms. The normalized spacial score (nSPS) is 12.3. The van der Waals surface area contributed by atoms with Crippen LogP contribution < -0.4 is 10.1 Å². The number of nitrogens with zero attached hydrogens (tertiary/aromatic N) is 1. The fourth-order valence-corrected chi connectivity index (χ4v) is 3.22. The Labute approximate surface area is 157 Å². The first-order valence-electron chi connectivity index (χ1n) is 8.19. The number of hydrogen-bond donors (Lipinski definition) is 2. The van der Waals surface area contributed by atoms with Crippen LogP contribution in [0.1, 0.15) is 31.0 Å². The molecule has 2 rings (SSSR count). The molecule has 25 heavy (non-hydrogen) atoms. The maximum Gasteiger partial charge on any atom is 0.307 e. The van der Waals surface area contributed by atoms with Gasteiger partial charge < -0.3 is 15.2 Å². The van der Waals surface area contributed by atoms with Crippen molar-refractivity contribution in [3.05, 3.63) is 45.4 Å². The smallest absolute Gasteiger partial charge is 0.307 e. The predicted octanol–water partition coefficient (Wildman–Crippen LogP) is 4.21. The van der Waals surface area contributed by atoms with Crippen molar-refractivity contribution in [2.75, 3.05) is 6.54 Å². The summed E-state index contributed by atoms with van der Waals surface area (Å²) in [7, 11) is 0. The molecular formula is C18H23ClN2O3S. The number of aromatic nitrogens is 1. The van der Waals surface area contributed by atoms with Crippen molar-refractivity contribution < 1.29 is 14.6 Å². The molecule has 2 aromatic rings. The number of aliphatic carboxylic acids is 1. The van der Waals surface area contributed by atoms with Crippen LogP contribution in [0.5, 0.6) is 5.75 Å². The first kappa shape index (κ1) is 19.7. The maximum absolute atomic E-state index is 11.2. The van der Waals surface area contributed by atoms with Gasteiger partial charge in [-0.1, -0.05) is 25.4 Å². The second-order valence-electron chi connectivity index (χ2n) is 6.27. The molecule has 1 aromatic heterocycles. The molecular weight excluding hydrogens is 360 g/mol. The van der Waals surface area contributed by atoms with Crippen LogP contribution in [0.3, 0.4) is 0 Å². The number of benzene rings is 1. The first-order valence-corrected chi connectivity index (χ1v) is 9.45. The van der Waals surface area contributed by atoms with Crippen molar-refractivity contribution in [3.63, 3.8) is 0 Å². The van der Waals surface area contributed by atoms with Gasteiger partial charge in [0, 0.05) is 23.5 Å². The lowest BCUT2D eigenvalue weighted by Gasteiger charge is -2.14. The largest absolute Gasteiger partial charge is 0.486 e. The predicted molar refractivity (Wildman–Crippen MR) is 100 cm³/mol. The zero-order valence-corrected chi connectivity index (χ0v) is 15.9. The monoisotopic (exact) mass is 382 g/mol. The number of carboxylic acid groups (broad SMARTS) is 1. The van der Waals surface area contributed by atoms with Crippen molar-refractivity contribution in [1.29, 1.82) is 0 Å². The molecule has 2 N–H and O–H groups in total. The van der Waals surface area contributed by atoms with Gasteiger partial charge in [0.05, 0.1) is 11.6 Å². The van der Waals surface area contributed by atoms with Gasteiger partial charge in [-0.15, -0.1) is 11.3 Å². The molecule has 0 saturated heterocycles. The van der Waals surface area contributed by atoms with Crippen molar-refractivity contribution in [2.45, 2.75) is 33.4 Å². The first-order chi connectivity index (χ1) is 11.9. The molecule has 0 bridgehead atoms. The molecule has 7 heteroatoms. The van der Waals surface area contributed by atoms with E-state index in [1.165, 1.54) is 11.3 Å². The second kappa shape index (κ2) is 9.75. The van der Waals surface area contributed by atoms with Gasteiger partial charge in [0.25, 0.3) is 0 Å². The third-order valence-corrected chi connectivity index (χ3v) is 4.70.